The van der Waals surface area contributed by atoms with Gasteiger partial charge in [-0.2, -0.15) is 0 Å². The molecule has 0 aliphatic rings. The second kappa shape index (κ2) is 5.83. The van der Waals surface area contributed by atoms with E-state index in [1.54, 1.807) is 0 Å². The summed E-state index contributed by atoms with van der Waals surface area (Å²) in [5, 5.41) is 23.6. The summed E-state index contributed by atoms with van der Waals surface area (Å²) in [4.78, 5) is 10.6. The number of anilines is 1. The van der Waals surface area contributed by atoms with Gasteiger partial charge in [0.15, 0.2) is 0 Å². The smallest absolute Gasteiger partial charge is 0.296 e. The first-order valence-corrected chi connectivity index (χ1v) is 6.69. The molecule has 0 spiro atoms. The Balaban J connectivity index is 2.31. The molecule has 2 aromatic carbocycles. The molecule has 2 N–H and O–H groups in total. The van der Waals surface area contributed by atoms with Crippen molar-refractivity contribution in [2.45, 2.75) is 26.8 Å². The van der Waals surface area contributed by atoms with Gasteiger partial charge in [-0.25, -0.2) is 0 Å². The van der Waals surface area contributed by atoms with E-state index >= 15 is 0 Å². The number of hydrogen-bond donors (Lipinski definition) is 2. The highest BCUT2D eigenvalue weighted by Gasteiger charge is 2.17. The van der Waals surface area contributed by atoms with E-state index in [0.29, 0.717) is 5.69 Å². The molecule has 110 valence electrons. The predicted octanol–water partition coefficient (Wildman–Crippen LogP) is 4.09. The summed E-state index contributed by atoms with van der Waals surface area (Å²) in [7, 11) is 0. The molecule has 21 heavy (non-hydrogen) atoms. The molecule has 0 heterocycles. The SMILES string of the molecule is Cc1cc(C)cc(C(C)Nc2ccc(O)cc2[N+](=O)[O-])c1. The van der Waals surface area contributed by atoms with E-state index in [1.165, 1.54) is 12.1 Å². The fraction of sp³-hybridized carbons (Fsp3) is 0.250. The highest BCUT2D eigenvalue weighted by molar-refractivity contribution is 5.64. The molecule has 2 rings (SSSR count). The first kappa shape index (κ1) is 14.8. The van der Waals surface area contributed by atoms with Gasteiger partial charge in [-0.3, -0.25) is 10.1 Å². The predicted molar refractivity (Wildman–Crippen MR) is 82.7 cm³/mol. The lowest BCUT2D eigenvalue weighted by molar-refractivity contribution is -0.384. The molecule has 0 fully saturated rings. The Morgan fingerprint density at radius 2 is 1.76 bits per heavy atom. The Hall–Kier alpha value is -2.56. The molecule has 0 aromatic heterocycles. The highest BCUT2D eigenvalue weighted by atomic mass is 16.6. The van der Waals surface area contributed by atoms with Gasteiger partial charge in [-0.1, -0.05) is 29.3 Å². The number of nitro groups is 1. The number of phenolic OH excluding ortho intramolecular Hbond substituents is 1. The average molecular weight is 286 g/mol. The number of rotatable bonds is 4. The lowest BCUT2D eigenvalue weighted by Crippen LogP contribution is -2.08. The van der Waals surface area contributed by atoms with Crippen LogP contribution in [0, 0.1) is 24.0 Å². The van der Waals surface area contributed by atoms with Crippen molar-refractivity contribution in [1.82, 2.24) is 0 Å². The van der Waals surface area contributed by atoms with Crippen molar-refractivity contribution >= 4 is 11.4 Å². The van der Waals surface area contributed by atoms with E-state index in [0.717, 1.165) is 22.8 Å². The van der Waals surface area contributed by atoms with Crippen LogP contribution in [-0.2, 0) is 0 Å². The van der Waals surface area contributed by atoms with Gasteiger partial charge in [0.25, 0.3) is 5.69 Å². The molecule has 5 heteroatoms. The number of aromatic hydroxyl groups is 1. The third kappa shape index (κ3) is 3.51. The van der Waals surface area contributed by atoms with Gasteiger partial charge in [-0.05, 0) is 38.5 Å². The van der Waals surface area contributed by atoms with Crippen LogP contribution in [0.4, 0.5) is 11.4 Å². The van der Waals surface area contributed by atoms with Crippen LogP contribution < -0.4 is 5.32 Å². The van der Waals surface area contributed by atoms with Crippen LogP contribution in [0.3, 0.4) is 0 Å². The zero-order valence-corrected chi connectivity index (χ0v) is 12.3. The minimum absolute atomic E-state index is 0.0770. The fourth-order valence-corrected chi connectivity index (χ4v) is 2.37. The number of aryl methyl sites for hydroxylation is 2. The van der Waals surface area contributed by atoms with Crippen molar-refractivity contribution in [2.75, 3.05) is 5.32 Å². The van der Waals surface area contributed by atoms with Gasteiger partial charge in [-0.15, -0.1) is 0 Å². The van der Waals surface area contributed by atoms with E-state index in [2.05, 4.69) is 23.5 Å². The van der Waals surface area contributed by atoms with Crippen molar-refractivity contribution in [3.63, 3.8) is 0 Å². The fourth-order valence-electron chi connectivity index (χ4n) is 2.37. The van der Waals surface area contributed by atoms with Gasteiger partial charge in [0.05, 0.1) is 11.0 Å². The van der Waals surface area contributed by atoms with Crippen LogP contribution in [-0.4, -0.2) is 10.0 Å². The summed E-state index contributed by atoms with van der Waals surface area (Å²) < 4.78 is 0. The van der Waals surface area contributed by atoms with Gasteiger partial charge in [0.2, 0.25) is 0 Å². The molecule has 0 saturated heterocycles. The monoisotopic (exact) mass is 286 g/mol. The topological polar surface area (TPSA) is 75.4 Å². The second-order valence-electron chi connectivity index (χ2n) is 5.25. The minimum atomic E-state index is -0.504. The maximum absolute atomic E-state index is 11.1. The van der Waals surface area contributed by atoms with Gasteiger partial charge in [0, 0.05) is 6.04 Å². The molecule has 0 aliphatic carbocycles. The molecule has 0 amide bonds. The second-order valence-corrected chi connectivity index (χ2v) is 5.25. The summed E-state index contributed by atoms with van der Waals surface area (Å²) in [6.45, 7) is 5.99. The standard InChI is InChI=1S/C16H18N2O3/c1-10-6-11(2)8-13(7-10)12(3)17-15-5-4-14(19)9-16(15)18(20)21/h4-9,12,17,19H,1-3H3. The van der Waals surface area contributed by atoms with Crippen molar-refractivity contribution in [3.8, 4) is 5.75 Å². The highest BCUT2D eigenvalue weighted by Crippen LogP contribution is 2.31. The maximum Gasteiger partial charge on any atom is 0.296 e. The van der Waals surface area contributed by atoms with Gasteiger partial charge >= 0.3 is 0 Å². The van der Waals surface area contributed by atoms with Crippen LogP contribution in [0.1, 0.15) is 29.7 Å². The molecular formula is C16H18N2O3. The Bertz CT molecular complexity index is 663. The average Bonchev–Trinajstić information content (AvgIpc) is 2.39. The summed E-state index contributed by atoms with van der Waals surface area (Å²) in [6.07, 6.45) is 0. The van der Waals surface area contributed by atoms with Gasteiger partial charge < -0.3 is 10.4 Å². The molecule has 1 unspecified atom stereocenters. The zero-order chi connectivity index (χ0) is 15.6. The molecule has 0 saturated carbocycles. The Labute approximate surface area is 123 Å². The van der Waals surface area contributed by atoms with E-state index in [4.69, 9.17) is 0 Å². The largest absolute Gasteiger partial charge is 0.508 e. The van der Waals surface area contributed by atoms with Crippen molar-refractivity contribution in [3.05, 3.63) is 63.2 Å². The summed E-state index contributed by atoms with van der Waals surface area (Å²) >= 11 is 0. The van der Waals surface area contributed by atoms with Crippen LogP contribution in [0.2, 0.25) is 0 Å². The lowest BCUT2D eigenvalue weighted by atomic mass is 10.0. The third-order valence-corrected chi connectivity index (χ3v) is 3.29. The summed E-state index contributed by atoms with van der Waals surface area (Å²) in [5.41, 5.74) is 3.63. The van der Waals surface area contributed by atoms with Crippen LogP contribution >= 0.6 is 0 Å². The minimum Gasteiger partial charge on any atom is -0.508 e. The molecule has 0 radical (unpaired) electrons. The number of nitrogens with zero attached hydrogens (tertiary/aromatic N) is 1. The number of nitrogens with one attached hydrogen (secondary N) is 1. The van der Waals surface area contributed by atoms with E-state index in [9.17, 15) is 15.2 Å². The van der Waals surface area contributed by atoms with Crippen LogP contribution in [0.25, 0.3) is 0 Å². The zero-order valence-electron chi connectivity index (χ0n) is 12.3. The van der Waals surface area contributed by atoms with Crippen LogP contribution in [0.15, 0.2) is 36.4 Å². The molecular weight excluding hydrogens is 268 g/mol. The number of hydrogen-bond acceptors (Lipinski definition) is 4. The quantitative estimate of drug-likeness (QED) is 0.504. The van der Waals surface area contributed by atoms with Crippen LogP contribution in [0.5, 0.6) is 5.75 Å². The van der Waals surface area contributed by atoms with Crippen molar-refractivity contribution < 1.29 is 10.0 Å². The lowest BCUT2D eigenvalue weighted by Gasteiger charge is -2.17. The normalized spacial score (nSPS) is 12.0. The number of benzene rings is 2. The molecule has 5 nitrogen and oxygen atoms in total. The Morgan fingerprint density at radius 1 is 1.14 bits per heavy atom. The van der Waals surface area contributed by atoms with Crippen molar-refractivity contribution in [1.29, 1.82) is 0 Å². The summed E-state index contributed by atoms with van der Waals surface area (Å²) in [6, 6.07) is 10.2. The van der Waals surface area contributed by atoms with E-state index < -0.39 is 4.92 Å². The Kier molecular flexibility index (Phi) is 4.12. The Morgan fingerprint density at radius 3 is 2.33 bits per heavy atom. The molecule has 0 aliphatic heterocycles. The van der Waals surface area contributed by atoms with E-state index in [1.807, 2.05) is 20.8 Å². The molecule has 0 bridgehead atoms. The third-order valence-electron chi connectivity index (χ3n) is 3.29. The van der Waals surface area contributed by atoms with E-state index in [-0.39, 0.29) is 17.5 Å². The first-order valence-electron chi connectivity index (χ1n) is 6.69. The maximum atomic E-state index is 11.1. The summed E-state index contributed by atoms with van der Waals surface area (Å²) in [5.74, 6) is -0.119. The number of phenols is 1. The van der Waals surface area contributed by atoms with Crippen molar-refractivity contribution in [2.24, 2.45) is 0 Å². The number of nitro benzene ring substituents is 1. The van der Waals surface area contributed by atoms with Gasteiger partial charge in [0.1, 0.15) is 11.4 Å². The molecule has 1 atom stereocenters. The molecule has 2 aromatic rings. The first-order chi connectivity index (χ1) is 9.86.